The molecular formula is C49H41NS. The van der Waals surface area contributed by atoms with Gasteiger partial charge >= 0.3 is 0 Å². The lowest BCUT2D eigenvalue weighted by atomic mass is 9.43. The summed E-state index contributed by atoms with van der Waals surface area (Å²) in [5.41, 5.74) is 15.6. The molecule has 1 heterocycles. The zero-order valence-electron chi connectivity index (χ0n) is 29.3. The van der Waals surface area contributed by atoms with Crippen LogP contribution in [0, 0.1) is 23.7 Å². The van der Waals surface area contributed by atoms with E-state index in [1.54, 1.807) is 11.1 Å². The Bertz CT molecular complexity index is 2570. The average molecular weight is 676 g/mol. The van der Waals surface area contributed by atoms with E-state index < -0.39 is 0 Å². The van der Waals surface area contributed by atoms with Crippen LogP contribution >= 0.6 is 11.3 Å². The van der Waals surface area contributed by atoms with E-state index in [-0.39, 0.29) is 10.8 Å². The van der Waals surface area contributed by atoms with E-state index in [2.05, 4.69) is 146 Å². The molecule has 2 heteroatoms. The summed E-state index contributed by atoms with van der Waals surface area (Å²) in [6, 6.07) is 49.3. The Kier molecular flexibility index (Phi) is 5.69. The molecule has 7 aromatic rings. The number of hydrogen-bond acceptors (Lipinski definition) is 2. The van der Waals surface area contributed by atoms with E-state index >= 15 is 0 Å². The summed E-state index contributed by atoms with van der Waals surface area (Å²) in [5, 5.41) is 2.71. The fourth-order valence-electron chi connectivity index (χ4n) is 12.6. The lowest BCUT2D eigenvalue weighted by Gasteiger charge is -2.61. The Morgan fingerprint density at radius 1 is 0.529 bits per heavy atom. The predicted octanol–water partition coefficient (Wildman–Crippen LogP) is 13.6. The van der Waals surface area contributed by atoms with Crippen LogP contribution in [0.1, 0.15) is 68.2 Å². The van der Waals surface area contributed by atoms with Gasteiger partial charge in [0.2, 0.25) is 0 Å². The zero-order valence-corrected chi connectivity index (χ0v) is 30.1. The van der Waals surface area contributed by atoms with Crippen LogP contribution in [0.5, 0.6) is 0 Å². The molecule has 4 fully saturated rings. The Hall–Kier alpha value is -4.66. The summed E-state index contributed by atoms with van der Waals surface area (Å²) < 4.78 is 2.70. The molecule has 0 unspecified atom stereocenters. The summed E-state index contributed by atoms with van der Waals surface area (Å²) in [6.45, 7) is 4.87. The second kappa shape index (κ2) is 10.0. The third-order valence-electron chi connectivity index (χ3n) is 14.2. The maximum absolute atomic E-state index is 2.68. The molecule has 0 saturated heterocycles. The maximum Gasteiger partial charge on any atom is 0.0554 e. The molecule has 0 radical (unpaired) electrons. The van der Waals surface area contributed by atoms with Gasteiger partial charge in [0.25, 0.3) is 0 Å². The van der Waals surface area contributed by atoms with Crippen molar-refractivity contribution in [1.82, 2.24) is 0 Å². The summed E-state index contributed by atoms with van der Waals surface area (Å²) in [4.78, 5) is 2.67. The van der Waals surface area contributed by atoms with Crippen molar-refractivity contribution in [3.63, 3.8) is 0 Å². The van der Waals surface area contributed by atoms with Crippen LogP contribution in [-0.2, 0) is 10.8 Å². The summed E-state index contributed by atoms with van der Waals surface area (Å²) >= 11 is 1.92. The third-order valence-corrected chi connectivity index (χ3v) is 15.4. The second-order valence-corrected chi connectivity index (χ2v) is 18.0. The third kappa shape index (κ3) is 3.62. The minimum absolute atomic E-state index is 0.121. The number of hydrogen-bond donors (Lipinski definition) is 0. The highest BCUT2D eigenvalue weighted by Crippen LogP contribution is 2.70. The SMILES string of the molecule is CC1(C)c2ccccc2-c2cccc(N(c3ccc4c(c3)C3(c5ccccc5-4)C4CC5CC(C4)CC3C5)c3cccc4sc5ccccc5c34)c21. The number of thiophene rings is 1. The molecule has 0 N–H and O–H groups in total. The Labute approximate surface area is 304 Å². The highest BCUT2D eigenvalue weighted by atomic mass is 32.1. The molecule has 4 bridgehead atoms. The van der Waals surface area contributed by atoms with Gasteiger partial charge in [-0.1, -0.05) is 105 Å². The number of fused-ring (bicyclic) bond motifs is 9. The minimum Gasteiger partial charge on any atom is -0.309 e. The molecule has 0 amide bonds. The highest BCUT2D eigenvalue weighted by molar-refractivity contribution is 7.26. The molecule has 1 spiro atoms. The lowest BCUT2D eigenvalue weighted by Crippen LogP contribution is -2.55. The molecule has 6 aromatic carbocycles. The van der Waals surface area contributed by atoms with Crippen LogP contribution in [0.25, 0.3) is 42.4 Å². The molecule has 1 nitrogen and oxygen atoms in total. The maximum atomic E-state index is 2.68. The van der Waals surface area contributed by atoms with Crippen LogP contribution in [0.3, 0.4) is 0 Å². The van der Waals surface area contributed by atoms with E-state index in [9.17, 15) is 0 Å². The second-order valence-electron chi connectivity index (χ2n) is 16.9. The average Bonchev–Trinajstić information content (AvgIpc) is 3.75. The van der Waals surface area contributed by atoms with Crippen LogP contribution < -0.4 is 4.90 Å². The molecule has 4 saturated carbocycles. The fourth-order valence-corrected chi connectivity index (χ4v) is 13.8. The number of nitrogens with zero attached hydrogens (tertiary/aromatic N) is 1. The first-order valence-corrected chi connectivity index (χ1v) is 20.0. The molecular weight excluding hydrogens is 635 g/mol. The van der Waals surface area contributed by atoms with Gasteiger partial charge in [-0.25, -0.2) is 0 Å². The Morgan fingerprint density at radius 2 is 1.14 bits per heavy atom. The molecule has 0 aliphatic heterocycles. The Morgan fingerprint density at radius 3 is 1.94 bits per heavy atom. The molecule has 0 atom stereocenters. The van der Waals surface area contributed by atoms with E-state index in [0.29, 0.717) is 0 Å². The van der Waals surface area contributed by atoms with Crippen molar-refractivity contribution in [3.05, 3.63) is 150 Å². The van der Waals surface area contributed by atoms with Crippen LogP contribution in [0.15, 0.2) is 127 Å². The van der Waals surface area contributed by atoms with Crippen molar-refractivity contribution in [2.45, 2.75) is 56.8 Å². The normalized spacial score (nSPS) is 25.7. The van der Waals surface area contributed by atoms with Gasteiger partial charge in [-0.15, -0.1) is 11.3 Å². The first-order chi connectivity index (χ1) is 25.0. The highest BCUT2D eigenvalue weighted by Gasteiger charge is 2.61. The van der Waals surface area contributed by atoms with E-state index in [0.717, 1.165) is 23.7 Å². The predicted molar refractivity (Wildman–Crippen MR) is 215 cm³/mol. The van der Waals surface area contributed by atoms with Gasteiger partial charge in [-0.2, -0.15) is 0 Å². The topological polar surface area (TPSA) is 3.24 Å². The minimum atomic E-state index is -0.138. The van der Waals surface area contributed by atoms with Crippen molar-refractivity contribution in [2.75, 3.05) is 4.90 Å². The molecule has 1 aromatic heterocycles. The van der Waals surface area contributed by atoms with Crippen molar-refractivity contribution < 1.29 is 0 Å². The molecule has 51 heavy (non-hydrogen) atoms. The van der Waals surface area contributed by atoms with E-state index in [1.165, 1.54) is 103 Å². The van der Waals surface area contributed by atoms with Gasteiger partial charge in [0.15, 0.2) is 0 Å². The monoisotopic (exact) mass is 675 g/mol. The fraction of sp³-hybridized carbons (Fsp3) is 0.265. The number of rotatable bonds is 3. The quantitative estimate of drug-likeness (QED) is 0.180. The molecule has 6 aliphatic carbocycles. The lowest BCUT2D eigenvalue weighted by molar-refractivity contribution is -0.0399. The molecule has 13 rings (SSSR count). The van der Waals surface area contributed by atoms with Gasteiger partial charge in [0.1, 0.15) is 0 Å². The van der Waals surface area contributed by atoms with E-state index in [4.69, 9.17) is 0 Å². The van der Waals surface area contributed by atoms with E-state index in [1.807, 2.05) is 11.3 Å². The van der Waals surface area contributed by atoms with Crippen molar-refractivity contribution >= 4 is 48.6 Å². The summed E-state index contributed by atoms with van der Waals surface area (Å²) in [6.07, 6.45) is 7.06. The van der Waals surface area contributed by atoms with Gasteiger partial charge in [0.05, 0.1) is 11.4 Å². The first-order valence-electron chi connectivity index (χ1n) is 19.2. The van der Waals surface area contributed by atoms with Gasteiger partial charge in [-0.05, 0) is 137 Å². The van der Waals surface area contributed by atoms with Crippen LogP contribution in [0.2, 0.25) is 0 Å². The van der Waals surface area contributed by atoms with Crippen LogP contribution in [0.4, 0.5) is 17.1 Å². The van der Waals surface area contributed by atoms with Crippen molar-refractivity contribution in [3.8, 4) is 22.3 Å². The number of anilines is 3. The Balaban J connectivity index is 1.16. The van der Waals surface area contributed by atoms with Crippen molar-refractivity contribution in [1.29, 1.82) is 0 Å². The largest absolute Gasteiger partial charge is 0.309 e. The molecule has 6 aliphatic rings. The summed E-state index contributed by atoms with van der Waals surface area (Å²) in [7, 11) is 0. The van der Waals surface area contributed by atoms with Gasteiger partial charge in [-0.3, -0.25) is 0 Å². The number of benzene rings is 6. The van der Waals surface area contributed by atoms with Crippen LogP contribution in [-0.4, -0.2) is 0 Å². The van der Waals surface area contributed by atoms with Gasteiger partial charge < -0.3 is 4.90 Å². The smallest absolute Gasteiger partial charge is 0.0554 e. The zero-order chi connectivity index (χ0) is 33.6. The summed E-state index contributed by atoms with van der Waals surface area (Å²) in [5.74, 6) is 3.32. The standard InChI is InChI=1S/C49H41NS/c1-48(2)39-15-6-3-12-35(39)37-14-9-18-43(47(37)48)50(42-17-10-20-45-46(42)38-13-5-8-19-44(38)51-45)33-21-22-36-34-11-4-7-16-40(34)49(41(36)28-33)31-24-29-23-30(26-31)27-32(49)25-29/h3-22,28-32H,23-27H2,1-2H3. The first kappa shape index (κ1) is 29.0. The van der Waals surface area contributed by atoms with Crippen molar-refractivity contribution in [2.24, 2.45) is 23.7 Å². The van der Waals surface area contributed by atoms with Gasteiger partial charge in [0, 0.05) is 36.7 Å². The molecule has 248 valence electrons.